The van der Waals surface area contributed by atoms with Crippen molar-refractivity contribution in [3.05, 3.63) is 69.2 Å². The maximum atomic E-state index is 11.9. The predicted molar refractivity (Wildman–Crippen MR) is 100 cm³/mol. The van der Waals surface area contributed by atoms with Crippen LogP contribution in [0.3, 0.4) is 0 Å². The Labute approximate surface area is 144 Å². The lowest BCUT2D eigenvalue weighted by Gasteiger charge is -2.12. The summed E-state index contributed by atoms with van der Waals surface area (Å²) in [7, 11) is 5.22. The second-order valence-electron chi connectivity index (χ2n) is 5.62. The van der Waals surface area contributed by atoms with Gasteiger partial charge in [-0.05, 0) is 72.9 Å². The number of rotatable bonds is 2. The largest absolute Gasteiger partial charge is 0.497 e. The normalized spacial score (nSPS) is 18.3. The lowest BCUT2D eigenvalue weighted by molar-refractivity contribution is -0.112. The van der Waals surface area contributed by atoms with E-state index in [9.17, 15) is 4.79 Å². The van der Waals surface area contributed by atoms with Crippen LogP contribution in [0.4, 0.5) is 0 Å². The molecule has 23 heavy (non-hydrogen) atoms. The molecule has 1 aliphatic heterocycles. The van der Waals surface area contributed by atoms with Crippen molar-refractivity contribution in [3.63, 3.8) is 0 Å². The smallest absolute Gasteiger partial charge is 0.184 e. The lowest BCUT2D eigenvalue weighted by atomic mass is 9.94. The zero-order valence-electron chi connectivity index (χ0n) is 13.6. The number of allylic oxidation sites excluding steroid dienone is 6. The SMILES string of the molecule is COc1ccc(C2=C(C)C(=C3C=C(C)C(=O)C(C)=C3)SS2)cc1. The molecule has 1 heterocycles. The minimum atomic E-state index is 0.141. The summed E-state index contributed by atoms with van der Waals surface area (Å²) in [4.78, 5) is 14.4. The van der Waals surface area contributed by atoms with E-state index in [1.165, 1.54) is 20.9 Å². The Morgan fingerprint density at radius 2 is 1.43 bits per heavy atom. The van der Waals surface area contributed by atoms with Crippen molar-refractivity contribution >= 4 is 32.3 Å². The van der Waals surface area contributed by atoms with Crippen molar-refractivity contribution < 1.29 is 9.53 Å². The van der Waals surface area contributed by atoms with Crippen LogP contribution < -0.4 is 4.74 Å². The van der Waals surface area contributed by atoms with E-state index in [1.54, 1.807) is 28.7 Å². The van der Waals surface area contributed by atoms with Gasteiger partial charge in [0.2, 0.25) is 0 Å². The zero-order valence-corrected chi connectivity index (χ0v) is 15.2. The Bertz CT molecular complexity index is 769. The van der Waals surface area contributed by atoms with Gasteiger partial charge in [0, 0.05) is 9.81 Å². The van der Waals surface area contributed by atoms with Crippen molar-refractivity contribution in [2.75, 3.05) is 7.11 Å². The van der Waals surface area contributed by atoms with Crippen LogP contribution in [0.15, 0.2) is 63.6 Å². The second-order valence-corrected chi connectivity index (χ2v) is 7.77. The highest BCUT2D eigenvalue weighted by molar-refractivity contribution is 8.82. The third-order valence-electron chi connectivity index (χ3n) is 3.96. The molecule has 1 aliphatic carbocycles. The van der Waals surface area contributed by atoms with E-state index in [0.29, 0.717) is 0 Å². The van der Waals surface area contributed by atoms with Gasteiger partial charge in [-0.15, -0.1) is 0 Å². The van der Waals surface area contributed by atoms with Gasteiger partial charge in [0.1, 0.15) is 5.75 Å². The van der Waals surface area contributed by atoms with E-state index < -0.39 is 0 Å². The summed E-state index contributed by atoms with van der Waals surface area (Å²) in [5, 5.41) is 0. The quantitative estimate of drug-likeness (QED) is 0.658. The van der Waals surface area contributed by atoms with Gasteiger partial charge < -0.3 is 4.74 Å². The number of ketones is 1. The maximum absolute atomic E-state index is 11.9. The van der Waals surface area contributed by atoms with E-state index >= 15 is 0 Å². The maximum Gasteiger partial charge on any atom is 0.184 e. The standard InChI is InChI=1S/C19H18O2S2/c1-11-9-15(10-12(2)17(11)20)19-13(3)18(22-23-19)14-5-7-16(21-4)8-6-14/h5-10H,1-4H3. The summed E-state index contributed by atoms with van der Waals surface area (Å²) in [6.07, 6.45) is 4.00. The fourth-order valence-electron chi connectivity index (χ4n) is 2.66. The van der Waals surface area contributed by atoms with Crippen molar-refractivity contribution in [1.29, 1.82) is 0 Å². The van der Waals surface area contributed by atoms with Gasteiger partial charge in [0.05, 0.1) is 7.11 Å². The molecule has 0 unspecified atom stereocenters. The van der Waals surface area contributed by atoms with Crippen molar-refractivity contribution in [1.82, 2.24) is 0 Å². The number of ether oxygens (including phenoxy) is 1. The Morgan fingerprint density at radius 1 is 0.870 bits per heavy atom. The second kappa shape index (κ2) is 6.46. The van der Waals surface area contributed by atoms with Crippen molar-refractivity contribution in [3.8, 4) is 5.75 Å². The first-order valence-electron chi connectivity index (χ1n) is 7.37. The highest BCUT2D eigenvalue weighted by Gasteiger charge is 2.24. The van der Waals surface area contributed by atoms with Gasteiger partial charge in [-0.3, -0.25) is 4.79 Å². The fourth-order valence-corrected chi connectivity index (χ4v) is 5.62. The molecule has 0 spiro atoms. The van der Waals surface area contributed by atoms with E-state index in [0.717, 1.165) is 22.5 Å². The van der Waals surface area contributed by atoms with Crippen molar-refractivity contribution in [2.45, 2.75) is 20.8 Å². The summed E-state index contributed by atoms with van der Waals surface area (Å²) in [5.41, 5.74) is 5.22. The Kier molecular flexibility index (Phi) is 4.55. The molecule has 0 N–H and O–H groups in total. The summed E-state index contributed by atoms with van der Waals surface area (Å²) < 4.78 is 5.22. The molecule has 118 valence electrons. The molecule has 0 saturated heterocycles. The van der Waals surface area contributed by atoms with E-state index in [-0.39, 0.29) is 5.78 Å². The first-order chi connectivity index (χ1) is 11.0. The third-order valence-corrected chi connectivity index (χ3v) is 6.71. The molecule has 0 saturated carbocycles. The number of methoxy groups -OCH3 is 1. The topological polar surface area (TPSA) is 26.3 Å². The first-order valence-corrected chi connectivity index (χ1v) is 9.52. The van der Waals surface area contributed by atoms with E-state index in [2.05, 4.69) is 19.1 Å². The van der Waals surface area contributed by atoms with E-state index in [1.807, 2.05) is 38.1 Å². The van der Waals surface area contributed by atoms with Gasteiger partial charge in [0.15, 0.2) is 5.78 Å². The van der Waals surface area contributed by atoms with Gasteiger partial charge in [-0.2, -0.15) is 0 Å². The van der Waals surface area contributed by atoms with Gasteiger partial charge in [-0.1, -0.05) is 33.7 Å². The molecule has 4 heteroatoms. The molecule has 0 amide bonds. The van der Waals surface area contributed by atoms with Crippen molar-refractivity contribution in [2.24, 2.45) is 0 Å². The molecule has 2 nitrogen and oxygen atoms in total. The molecule has 3 rings (SSSR count). The van der Waals surface area contributed by atoms with Crippen LogP contribution in [0.1, 0.15) is 26.3 Å². The summed E-state index contributed by atoms with van der Waals surface area (Å²) in [5.74, 6) is 1.01. The minimum Gasteiger partial charge on any atom is -0.497 e. The van der Waals surface area contributed by atoms with Gasteiger partial charge in [-0.25, -0.2) is 0 Å². The Morgan fingerprint density at radius 3 is 2.00 bits per heavy atom. The number of hydrogen-bond acceptors (Lipinski definition) is 4. The first kappa shape index (κ1) is 16.2. The van der Waals surface area contributed by atoms with Gasteiger partial charge >= 0.3 is 0 Å². The third kappa shape index (κ3) is 3.06. The Balaban J connectivity index is 2.02. The number of hydrogen-bond donors (Lipinski definition) is 0. The number of carbonyl (C=O) groups excluding carboxylic acids is 1. The van der Waals surface area contributed by atoms with Crippen LogP contribution in [0.2, 0.25) is 0 Å². The van der Waals surface area contributed by atoms with E-state index in [4.69, 9.17) is 4.74 Å². The summed E-state index contributed by atoms with van der Waals surface area (Å²) in [6.45, 7) is 5.92. The highest BCUT2D eigenvalue weighted by atomic mass is 33.1. The molecule has 1 aromatic carbocycles. The summed E-state index contributed by atoms with van der Waals surface area (Å²) in [6, 6.07) is 8.15. The molecule has 0 aromatic heterocycles. The average Bonchev–Trinajstić information content (AvgIpc) is 2.94. The average molecular weight is 342 g/mol. The molecular weight excluding hydrogens is 324 g/mol. The Hall–Kier alpha value is -1.65. The van der Waals surface area contributed by atoms with Crippen LogP contribution in [0.5, 0.6) is 5.75 Å². The lowest BCUT2D eigenvalue weighted by Crippen LogP contribution is -2.06. The van der Waals surface area contributed by atoms with Crippen LogP contribution in [0.25, 0.3) is 4.91 Å². The molecule has 2 aliphatic rings. The van der Waals surface area contributed by atoms with Crippen LogP contribution in [0, 0.1) is 0 Å². The monoisotopic (exact) mass is 342 g/mol. The van der Waals surface area contributed by atoms with Crippen LogP contribution >= 0.6 is 21.6 Å². The molecule has 0 radical (unpaired) electrons. The number of benzene rings is 1. The molecular formula is C19H18O2S2. The number of Topliss-reactive ketones (excluding diaryl/α,β-unsaturated/α-hetero) is 1. The highest BCUT2D eigenvalue weighted by Crippen LogP contribution is 2.55. The fraction of sp³-hybridized carbons (Fsp3) is 0.211. The van der Waals surface area contributed by atoms with Gasteiger partial charge in [0.25, 0.3) is 0 Å². The molecule has 0 atom stereocenters. The van der Waals surface area contributed by atoms with Crippen LogP contribution in [-0.4, -0.2) is 12.9 Å². The number of carbonyl (C=O) groups is 1. The zero-order chi connectivity index (χ0) is 16.6. The molecule has 1 aromatic rings. The minimum absolute atomic E-state index is 0.141. The predicted octanol–water partition coefficient (Wildman–Crippen LogP) is 5.55. The molecule has 0 fully saturated rings. The summed E-state index contributed by atoms with van der Waals surface area (Å²) >= 11 is 0. The molecule has 0 bridgehead atoms. The van der Waals surface area contributed by atoms with Crippen LogP contribution in [-0.2, 0) is 4.79 Å².